The number of nitrogens with one attached hydrogen (secondary N) is 1. The maximum atomic E-state index is 3.59. The first kappa shape index (κ1) is 11.8. The van der Waals surface area contributed by atoms with Gasteiger partial charge in [0.15, 0.2) is 0 Å². The van der Waals surface area contributed by atoms with E-state index in [0.717, 1.165) is 23.8 Å². The molecular weight excluding hydrogens is 202 g/mol. The Morgan fingerprint density at radius 2 is 1.93 bits per heavy atom. The smallest absolute Gasteiger partial charge is 0.00778 e. The van der Waals surface area contributed by atoms with Crippen LogP contribution < -0.4 is 5.32 Å². The zero-order valence-electron chi connectivity index (χ0n) is 10.0. The molecule has 0 aromatic rings. The van der Waals surface area contributed by atoms with Crippen molar-refractivity contribution in [2.75, 3.05) is 12.3 Å². The van der Waals surface area contributed by atoms with Gasteiger partial charge in [0, 0.05) is 11.3 Å². The number of hydrogen-bond donors (Lipinski definition) is 1. The van der Waals surface area contributed by atoms with E-state index in [-0.39, 0.29) is 0 Å². The molecule has 0 aliphatic heterocycles. The lowest BCUT2D eigenvalue weighted by Crippen LogP contribution is -2.26. The quantitative estimate of drug-likeness (QED) is 0.772. The van der Waals surface area contributed by atoms with Crippen molar-refractivity contribution in [1.82, 2.24) is 5.32 Å². The largest absolute Gasteiger partial charge is 0.314 e. The van der Waals surface area contributed by atoms with Crippen LogP contribution in [0.3, 0.4) is 0 Å². The van der Waals surface area contributed by atoms with Crippen LogP contribution in [0.5, 0.6) is 0 Å². The Morgan fingerprint density at radius 3 is 2.67 bits per heavy atom. The zero-order chi connectivity index (χ0) is 10.5. The third-order valence-electron chi connectivity index (χ3n) is 3.92. The molecule has 0 saturated heterocycles. The minimum absolute atomic E-state index is 0.830. The van der Waals surface area contributed by atoms with Gasteiger partial charge >= 0.3 is 0 Å². The molecule has 2 heteroatoms. The first-order valence-electron chi connectivity index (χ1n) is 6.73. The van der Waals surface area contributed by atoms with E-state index in [1.54, 1.807) is 0 Å². The van der Waals surface area contributed by atoms with Gasteiger partial charge in [-0.15, -0.1) is 0 Å². The molecule has 88 valence electrons. The van der Waals surface area contributed by atoms with Crippen LogP contribution in [-0.2, 0) is 0 Å². The Labute approximate surface area is 98.8 Å². The van der Waals surface area contributed by atoms with Gasteiger partial charge in [0.05, 0.1) is 0 Å². The van der Waals surface area contributed by atoms with Crippen LogP contribution in [0.15, 0.2) is 0 Å². The van der Waals surface area contributed by atoms with E-state index in [1.165, 1.54) is 50.7 Å². The van der Waals surface area contributed by atoms with Gasteiger partial charge in [-0.05, 0) is 50.3 Å². The average molecular weight is 227 g/mol. The molecule has 2 atom stereocenters. The second-order valence-corrected chi connectivity index (χ2v) is 6.51. The van der Waals surface area contributed by atoms with E-state index >= 15 is 0 Å². The topological polar surface area (TPSA) is 12.0 Å². The van der Waals surface area contributed by atoms with Gasteiger partial charge < -0.3 is 5.32 Å². The number of thioether (sulfide) groups is 1. The molecule has 0 aromatic heterocycles. The first-order valence-corrected chi connectivity index (χ1v) is 7.78. The van der Waals surface area contributed by atoms with Gasteiger partial charge in [-0.3, -0.25) is 0 Å². The maximum Gasteiger partial charge on any atom is 0.00778 e. The normalized spacial score (nSPS) is 32.6. The van der Waals surface area contributed by atoms with Crippen LogP contribution in [0.4, 0.5) is 0 Å². The first-order chi connectivity index (χ1) is 7.38. The fourth-order valence-electron chi connectivity index (χ4n) is 3.01. The predicted molar refractivity (Wildman–Crippen MR) is 69.5 cm³/mol. The lowest BCUT2D eigenvalue weighted by Gasteiger charge is -2.14. The van der Waals surface area contributed by atoms with E-state index in [0.29, 0.717) is 0 Å². The summed E-state index contributed by atoms with van der Waals surface area (Å²) in [6.45, 7) is 3.36. The molecular formula is C13H25NS. The van der Waals surface area contributed by atoms with E-state index in [2.05, 4.69) is 24.0 Å². The van der Waals surface area contributed by atoms with Gasteiger partial charge in [-0.2, -0.15) is 11.8 Å². The predicted octanol–water partition coefficient (Wildman–Crippen LogP) is 3.44. The highest BCUT2D eigenvalue weighted by Crippen LogP contribution is 2.34. The van der Waals surface area contributed by atoms with Crippen molar-refractivity contribution in [3.05, 3.63) is 0 Å². The van der Waals surface area contributed by atoms with Gasteiger partial charge in [-0.25, -0.2) is 0 Å². The molecule has 0 bridgehead atoms. The molecule has 0 radical (unpaired) electrons. The molecule has 0 amide bonds. The fraction of sp³-hybridized carbons (Fsp3) is 1.00. The molecule has 2 aliphatic carbocycles. The molecule has 2 fully saturated rings. The summed E-state index contributed by atoms with van der Waals surface area (Å²) in [7, 11) is 0. The minimum atomic E-state index is 0.830. The monoisotopic (exact) mass is 227 g/mol. The van der Waals surface area contributed by atoms with Crippen LogP contribution in [0.25, 0.3) is 0 Å². The van der Waals surface area contributed by atoms with Gasteiger partial charge in [0.1, 0.15) is 0 Å². The van der Waals surface area contributed by atoms with Crippen LogP contribution in [0.2, 0.25) is 0 Å². The van der Waals surface area contributed by atoms with Crippen LogP contribution in [-0.4, -0.2) is 23.6 Å². The SMILES string of the molecule is CCNC1CCC(SCC2CCCC2)C1. The highest BCUT2D eigenvalue weighted by molar-refractivity contribution is 7.99. The highest BCUT2D eigenvalue weighted by atomic mass is 32.2. The Morgan fingerprint density at radius 1 is 1.13 bits per heavy atom. The standard InChI is InChI=1S/C13H25NS/c1-2-14-12-7-8-13(9-12)15-10-11-5-3-4-6-11/h11-14H,2-10H2,1H3. The average Bonchev–Trinajstić information content (AvgIpc) is 2.85. The van der Waals surface area contributed by atoms with Crippen molar-refractivity contribution in [3.63, 3.8) is 0 Å². The number of hydrogen-bond acceptors (Lipinski definition) is 2. The van der Waals surface area contributed by atoms with Crippen molar-refractivity contribution >= 4 is 11.8 Å². The Balaban J connectivity index is 1.59. The van der Waals surface area contributed by atoms with Gasteiger partial charge in [0.2, 0.25) is 0 Å². The van der Waals surface area contributed by atoms with Crippen LogP contribution in [0, 0.1) is 5.92 Å². The van der Waals surface area contributed by atoms with Crippen molar-refractivity contribution in [1.29, 1.82) is 0 Å². The minimum Gasteiger partial charge on any atom is -0.314 e. The molecule has 15 heavy (non-hydrogen) atoms. The molecule has 0 spiro atoms. The van der Waals surface area contributed by atoms with Crippen molar-refractivity contribution in [2.45, 2.75) is 63.2 Å². The molecule has 2 unspecified atom stereocenters. The summed E-state index contributed by atoms with van der Waals surface area (Å²) in [4.78, 5) is 0. The summed E-state index contributed by atoms with van der Waals surface area (Å²) in [6, 6.07) is 0.830. The summed E-state index contributed by atoms with van der Waals surface area (Å²) in [6.07, 6.45) is 10.3. The summed E-state index contributed by atoms with van der Waals surface area (Å²) in [5.74, 6) is 2.51. The maximum absolute atomic E-state index is 3.59. The zero-order valence-corrected chi connectivity index (χ0v) is 10.8. The summed E-state index contributed by atoms with van der Waals surface area (Å²) in [5.41, 5.74) is 0. The molecule has 2 aliphatic rings. The molecule has 0 aromatic carbocycles. The summed E-state index contributed by atoms with van der Waals surface area (Å²) in [5, 5.41) is 4.56. The van der Waals surface area contributed by atoms with Crippen LogP contribution >= 0.6 is 11.8 Å². The van der Waals surface area contributed by atoms with Crippen molar-refractivity contribution in [3.8, 4) is 0 Å². The molecule has 1 N–H and O–H groups in total. The summed E-state index contributed by atoms with van der Waals surface area (Å²) < 4.78 is 0. The Bertz CT molecular complexity index is 177. The van der Waals surface area contributed by atoms with E-state index < -0.39 is 0 Å². The molecule has 0 heterocycles. The fourth-order valence-corrected chi connectivity index (χ4v) is 4.56. The number of rotatable bonds is 5. The third-order valence-corrected chi connectivity index (χ3v) is 5.48. The Hall–Kier alpha value is 0.310. The van der Waals surface area contributed by atoms with Crippen LogP contribution in [0.1, 0.15) is 51.9 Å². The highest BCUT2D eigenvalue weighted by Gasteiger charge is 2.25. The van der Waals surface area contributed by atoms with Crippen molar-refractivity contribution < 1.29 is 0 Å². The molecule has 2 rings (SSSR count). The van der Waals surface area contributed by atoms with E-state index in [1.807, 2.05) is 0 Å². The van der Waals surface area contributed by atoms with Crippen molar-refractivity contribution in [2.24, 2.45) is 5.92 Å². The van der Waals surface area contributed by atoms with Gasteiger partial charge in [-0.1, -0.05) is 19.8 Å². The summed E-state index contributed by atoms with van der Waals surface area (Å²) >= 11 is 2.27. The lowest BCUT2D eigenvalue weighted by atomic mass is 10.1. The second-order valence-electron chi connectivity index (χ2n) is 5.17. The third kappa shape index (κ3) is 3.67. The molecule has 1 nitrogen and oxygen atoms in total. The van der Waals surface area contributed by atoms with Gasteiger partial charge in [0.25, 0.3) is 0 Å². The lowest BCUT2D eigenvalue weighted by molar-refractivity contribution is 0.543. The Kier molecular flexibility index (Phi) is 4.83. The van der Waals surface area contributed by atoms with E-state index in [9.17, 15) is 0 Å². The van der Waals surface area contributed by atoms with E-state index in [4.69, 9.17) is 0 Å². The second kappa shape index (κ2) is 6.15. The molecule has 2 saturated carbocycles.